The van der Waals surface area contributed by atoms with E-state index in [1.54, 1.807) is 6.07 Å². The minimum absolute atomic E-state index is 0.00681. The summed E-state index contributed by atoms with van der Waals surface area (Å²) in [5, 5.41) is 12.5. The number of alkyl halides is 3. The zero-order valence-electron chi connectivity index (χ0n) is 14.6. The van der Waals surface area contributed by atoms with Gasteiger partial charge < -0.3 is 0 Å². The quantitative estimate of drug-likeness (QED) is 0.407. The van der Waals surface area contributed by atoms with Gasteiger partial charge in [-0.1, -0.05) is 64.6 Å². The Labute approximate surface area is 178 Å². The summed E-state index contributed by atoms with van der Waals surface area (Å²) in [6.45, 7) is 1.93. The molecule has 3 aromatic rings. The van der Waals surface area contributed by atoms with Crippen LogP contribution in [0.3, 0.4) is 0 Å². The topological polar surface area (TPSA) is 54.0 Å². The summed E-state index contributed by atoms with van der Waals surface area (Å²) in [5.41, 5.74) is 0.540. The molecule has 1 aromatic heterocycles. The normalized spacial score (nSPS) is 11.8. The van der Waals surface area contributed by atoms with E-state index < -0.39 is 11.7 Å². The maximum Gasteiger partial charge on any atom is 0.416 e. The second kappa shape index (κ2) is 8.07. The Morgan fingerprint density at radius 1 is 1.10 bits per heavy atom. The minimum atomic E-state index is -4.63. The van der Waals surface area contributed by atoms with Crippen molar-refractivity contribution < 1.29 is 13.2 Å². The van der Waals surface area contributed by atoms with Crippen LogP contribution < -0.4 is 0 Å². The molecule has 4 nitrogen and oxygen atoms in total. The van der Waals surface area contributed by atoms with E-state index in [2.05, 4.69) is 10.1 Å². The van der Waals surface area contributed by atoms with Crippen LogP contribution in [0.2, 0.25) is 15.1 Å². The SMILES string of the molecule is Cc1ccc(/C=N/c2c(Cl)c(C#N)nn2-c2c(Cl)cc(C(F)(F)F)cc2Cl)cc1. The van der Waals surface area contributed by atoms with Crippen LogP contribution in [0.4, 0.5) is 19.0 Å². The average Bonchev–Trinajstić information content (AvgIpc) is 2.95. The van der Waals surface area contributed by atoms with E-state index in [4.69, 9.17) is 34.8 Å². The number of halogens is 6. The van der Waals surface area contributed by atoms with Crippen molar-refractivity contribution in [2.24, 2.45) is 4.99 Å². The number of hydrogen-bond donors (Lipinski definition) is 0. The van der Waals surface area contributed by atoms with E-state index in [9.17, 15) is 18.4 Å². The summed E-state index contributed by atoms with van der Waals surface area (Å²) in [6.07, 6.45) is -3.15. The van der Waals surface area contributed by atoms with Crippen LogP contribution in [0.5, 0.6) is 0 Å². The molecule has 0 aliphatic heterocycles. The molecule has 0 bridgehead atoms. The van der Waals surface area contributed by atoms with Gasteiger partial charge in [0.25, 0.3) is 0 Å². The Morgan fingerprint density at radius 3 is 2.21 bits per heavy atom. The van der Waals surface area contributed by atoms with Gasteiger partial charge in [-0.2, -0.15) is 23.5 Å². The third kappa shape index (κ3) is 4.40. The average molecular weight is 458 g/mol. The van der Waals surface area contributed by atoms with Crippen LogP contribution in [0, 0.1) is 18.3 Å². The molecule has 148 valence electrons. The maximum absolute atomic E-state index is 13.0. The van der Waals surface area contributed by atoms with Gasteiger partial charge in [0.1, 0.15) is 16.8 Å². The van der Waals surface area contributed by atoms with Gasteiger partial charge in [0.05, 0.1) is 15.6 Å². The zero-order chi connectivity index (χ0) is 21.3. The maximum atomic E-state index is 13.0. The highest BCUT2D eigenvalue weighted by molar-refractivity contribution is 6.38. The molecule has 0 fully saturated rings. The highest BCUT2D eigenvalue weighted by Crippen LogP contribution is 2.40. The number of benzene rings is 2. The fourth-order valence-electron chi connectivity index (χ4n) is 2.45. The summed E-state index contributed by atoms with van der Waals surface area (Å²) in [7, 11) is 0. The molecule has 0 aliphatic carbocycles. The summed E-state index contributed by atoms with van der Waals surface area (Å²) in [4.78, 5) is 4.26. The van der Waals surface area contributed by atoms with E-state index in [0.717, 1.165) is 27.9 Å². The van der Waals surface area contributed by atoms with Crippen molar-refractivity contribution in [1.29, 1.82) is 5.26 Å². The van der Waals surface area contributed by atoms with Gasteiger partial charge in [0.2, 0.25) is 0 Å². The number of aryl methyl sites for hydroxylation is 1. The number of nitriles is 1. The highest BCUT2D eigenvalue weighted by atomic mass is 35.5. The van der Waals surface area contributed by atoms with Crippen LogP contribution in [-0.4, -0.2) is 16.0 Å². The van der Waals surface area contributed by atoms with Crippen LogP contribution >= 0.6 is 34.8 Å². The molecule has 0 spiro atoms. The molecule has 0 saturated carbocycles. The summed E-state index contributed by atoms with van der Waals surface area (Å²) in [6, 6.07) is 10.6. The van der Waals surface area contributed by atoms with E-state index in [1.165, 1.54) is 6.21 Å². The van der Waals surface area contributed by atoms with Gasteiger partial charge in [0, 0.05) is 6.21 Å². The molecule has 0 aliphatic rings. The smallest absolute Gasteiger partial charge is 0.235 e. The highest BCUT2D eigenvalue weighted by Gasteiger charge is 2.33. The first kappa shape index (κ1) is 21.2. The minimum Gasteiger partial charge on any atom is -0.235 e. The molecule has 10 heteroatoms. The first-order valence-electron chi connectivity index (χ1n) is 7.97. The second-order valence-corrected chi connectivity index (χ2v) is 7.16. The summed E-state index contributed by atoms with van der Waals surface area (Å²) >= 11 is 18.3. The van der Waals surface area contributed by atoms with E-state index in [0.29, 0.717) is 0 Å². The van der Waals surface area contributed by atoms with Gasteiger partial charge in [-0.3, -0.25) is 0 Å². The predicted molar refractivity (Wildman–Crippen MR) is 107 cm³/mol. The fourth-order valence-corrected chi connectivity index (χ4v) is 3.30. The lowest BCUT2D eigenvalue weighted by atomic mass is 10.2. The van der Waals surface area contributed by atoms with Crippen molar-refractivity contribution >= 4 is 46.8 Å². The van der Waals surface area contributed by atoms with Crippen molar-refractivity contribution in [2.75, 3.05) is 0 Å². The third-order valence-electron chi connectivity index (χ3n) is 3.88. The van der Waals surface area contributed by atoms with Crippen LogP contribution in [-0.2, 0) is 6.18 Å². The molecule has 0 atom stereocenters. The predicted octanol–water partition coefficient (Wildman–Crippen LogP) is 6.78. The molecule has 2 aromatic carbocycles. The van der Waals surface area contributed by atoms with Gasteiger partial charge in [-0.15, -0.1) is 0 Å². The Kier molecular flexibility index (Phi) is 5.90. The lowest BCUT2D eigenvalue weighted by Crippen LogP contribution is -2.07. The van der Waals surface area contributed by atoms with E-state index in [1.807, 2.05) is 31.2 Å². The van der Waals surface area contributed by atoms with Crippen molar-refractivity contribution in [1.82, 2.24) is 9.78 Å². The molecule has 0 amide bonds. The van der Waals surface area contributed by atoms with Crippen LogP contribution in [0.25, 0.3) is 5.69 Å². The number of nitrogens with zero attached hydrogens (tertiary/aromatic N) is 4. The lowest BCUT2D eigenvalue weighted by molar-refractivity contribution is -0.137. The van der Waals surface area contributed by atoms with Crippen molar-refractivity contribution in [3.63, 3.8) is 0 Å². The second-order valence-electron chi connectivity index (χ2n) is 5.96. The summed E-state index contributed by atoms with van der Waals surface area (Å²) < 4.78 is 40.0. The van der Waals surface area contributed by atoms with Crippen molar-refractivity contribution in [3.8, 4) is 11.8 Å². The molecular formula is C19H10Cl3F3N4. The molecule has 1 heterocycles. The lowest BCUT2D eigenvalue weighted by Gasteiger charge is -2.13. The Hall–Kier alpha value is -2.53. The van der Waals surface area contributed by atoms with Gasteiger partial charge in [-0.25, -0.2) is 9.67 Å². The van der Waals surface area contributed by atoms with E-state index in [-0.39, 0.29) is 32.3 Å². The monoisotopic (exact) mass is 456 g/mol. The number of aliphatic imine (C=N–C) groups is 1. The molecular weight excluding hydrogens is 448 g/mol. The number of aromatic nitrogens is 2. The Bertz CT molecular complexity index is 1120. The molecule has 29 heavy (non-hydrogen) atoms. The summed E-state index contributed by atoms with van der Waals surface area (Å²) in [5.74, 6) is 0.00681. The number of rotatable bonds is 3. The molecule has 0 saturated heterocycles. The first-order chi connectivity index (χ1) is 13.6. The van der Waals surface area contributed by atoms with Crippen molar-refractivity contribution in [2.45, 2.75) is 13.1 Å². The molecule has 0 radical (unpaired) electrons. The van der Waals surface area contributed by atoms with E-state index >= 15 is 0 Å². The van der Waals surface area contributed by atoms with Crippen molar-refractivity contribution in [3.05, 3.63) is 73.9 Å². The molecule has 0 N–H and O–H groups in total. The Morgan fingerprint density at radius 2 is 1.69 bits per heavy atom. The Balaban J connectivity index is 2.16. The largest absolute Gasteiger partial charge is 0.416 e. The van der Waals surface area contributed by atoms with Crippen LogP contribution in [0.15, 0.2) is 41.4 Å². The van der Waals surface area contributed by atoms with Crippen LogP contribution in [0.1, 0.15) is 22.4 Å². The first-order valence-corrected chi connectivity index (χ1v) is 9.11. The third-order valence-corrected chi connectivity index (χ3v) is 4.80. The zero-order valence-corrected chi connectivity index (χ0v) is 16.9. The van der Waals surface area contributed by atoms with Gasteiger partial charge in [-0.05, 0) is 24.6 Å². The fraction of sp³-hybridized carbons (Fsp3) is 0.105. The van der Waals surface area contributed by atoms with Gasteiger partial charge >= 0.3 is 6.18 Å². The molecule has 3 rings (SSSR count). The standard InChI is InChI=1S/C19H10Cl3F3N4/c1-10-2-4-11(5-3-10)9-27-18-16(22)15(8-26)28-29(18)17-13(20)6-12(7-14(17)21)19(23,24)25/h2-7,9H,1H3/b27-9+. The number of hydrogen-bond acceptors (Lipinski definition) is 3. The molecule has 0 unspecified atom stereocenters. The van der Waals surface area contributed by atoms with Gasteiger partial charge in [0.15, 0.2) is 11.5 Å².